The van der Waals surface area contributed by atoms with Crippen LogP contribution in [0.25, 0.3) is 0 Å². The maximum atomic E-state index is 12.5. The number of sulfonamides is 1. The van der Waals surface area contributed by atoms with E-state index in [0.29, 0.717) is 8.95 Å². The summed E-state index contributed by atoms with van der Waals surface area (Å²) in [5, 5.41) is 0. The van der Waals surface area contributed by atoms with Crippen molar-refractivity contribution in [3.63, 3.8) is 0 Å². The lowest BCUT2D eigenvalue weighted by atomic mass is 10.4. The molecule has 1 aliphatic heterocycles. The Morgan fingerprint density at radius 2 is 1.68 bits per heavy atom. The summed E-state index contributed by atoms with van der Waals surface area (Å²) in [6, 6.07) is 4.87. The summed E-state index contributed by atoms with van der Waals surface area (Å²) in [5.41, 5.74) is 0. The van der Waals surface area contributed by atoms with E-state index >= 15 is 0 Å². The molecule has 1 fully saturated rings. The molecule has 2 rings (SSSR count). The monoisotopic (exact) mass is 431 g/mol. The number of hydrogen-bond acceptors (Lipinski definition) is 4. The number of halogens is 2. The van der Waals surface area contributed by atoms with Crippen LogP contribution in [-0.4, -0.2) is 45.7 Å². The van der Waals surface area contributed by atoms with Gasteiger partial charge in [0, 0.05) is 22.0 Å². The average molecular weight is 433 g/mol. The van der Waals surface area contributed by atoms with Gasteiger partial charge in [-0.1, -0.05) is 15.9 Å². The standard InChI is InChI=1S/C10H11Br2NO4S2/c11-8-1-2-9(12)10(7-8)19(16,17)13-3-5-18(14,15)6-4-13/h1-2,7H,3-6H2. The second kappa shape index (κ2) is 5.44. The third-order valence-corrected chi connectivity index (χ3v) is 7.81. The summed E-state index contributed by atoms with van der Waals surface area (Å²) < 4.78 is 49.9. The molecule has 0 radical (unpaired) electrons. The quantitative estimate of drug-likeness (QED) is 0.711. The molecule has 1 aromatic carbocycles. The third-order valence-electron chi connectivity index (χ3n) is 2.81. The largest absolute Gasteiger partial charge is 0.244 e. The highest BCUT2D eigenvalue weighted by Gasteiger charge is 2.32. The van der Waals surface area contributed by atoms with E-state index in [1.54, 1.807) is 12.1 Å². The maximum Gasteiger partial charge on any atom is 0.244 e. The predicted molar refractivity (Wildman–Crippen MR) is 79.3 cm³/mol. The zero-order valence-electron chi connectivity index (χ0n) is 9.71. The Hall–Kier alpha value is 0.0400. The van der Waals surface area contributed by atoms with E-state index in [-0.39, 0.29) is 29.5 Å². The average Bonchev–Trinajstić information content (AvgIpc) is 2.31. The van der Waals surface area contributed by atoms with Crippen LogP contribution in [0.4, 0.5) is 0 Å². The molecular weight excluding hydrogens is 422 g/mol. The molecule has 1 heterocycles. The normalized spacial score (nSPS) is 20.3. The van der Waals surface area contributed by atoms with Crippen molar-refractivity contribution >= 4 is 51.7 Å². The fourth-order valence-electron chi connectivity index (χ4n) is 1.75. The highest BCUT2D eigenvalue weighted by atomic mass is 79.9. The van der Waals surface area contributed by atoms with E-state index in [1.807, 2.05) is 0 Å². The summed E-state index contributed by atoms with van der Waals surface area (Å²) in [6.45, 7) is 0.00718. The van der Waals surface area contributed by atoms with Crippen molar-refractivity contribution in [2.75, 3.05) is 24.6 Å². The Bertz CT molecular complexity index is 686. The number of sulfone groups is 1. The molecule has 0 bridgehead atoms. The van der Waals surface area contributed by atoms with E-state index in [2.05, 4.69) is 31.9 Å². The molecule has 0 aromatic heterocycles. The van der Waals surface area contributed by atoms with Crippen LogP contribution in [-0.2, 0) is 19.9 Å². The first-order chi connectivity index (χ1) is 8.72. The zero-order chi connectivity index (χ0) is 14.3. The van der Waals surface area contributed by atoms with Gasteiger partial charge in [-0.25, -0.2) is 16.8 Å². The molecule has 1 aliphatic rings. The van der Waals surface area contributed by atoms with Crippen molar-refractivity contribution in [3.8, 4) is 0 Å². The van der Waals surface area contributed by atoms with Crippen LogP contribution in [0, 0.1) is 0 Å². The second-order valence-electron chi connectivity index (χ2n) is 4.13. The Kier molecular flexibility index (Phi) is 4.41. The lowest BCUT2D eigenvalue weighted by molar-refractivity contribution is 0.430. The van der Waals surface area contributed by atoms with Crippen LogP contribution in [0.15, 0.2) is 32.0 Å². The minimum atomic E-state index is -3.67. The highest BCUT2D eigenvalue weighted by molar-refractivity contribution is 9.11. The molecule has 9 heteroatoms. The van der Waals surface area contributed by atoms with Gasteiger partial charge >= 0.3 is 0 Å². The smallest absolute Gasteiger partial charge is 0.229 e. The lowest BCUT2D eigenvalue weighted by Crippen LogP contribution is -2.43. The summed E-state index contributed by atoms with van der Waals surface area (Å²) >= 11 is 6.44. The first-order valence-corrected chi connectivity index (χ1v) is 10.2. The van der Waals surface area contributed by atoms with Crippen molar-refractivity contribution in [3.05, 3.63) is 27.1 Å². The van der Waals surface area contributed by atoms with Gasteiger partial charge < -0.3 is 0 Å². The van der Waals surface area contributed by atoms with Crippen molar-refractivity contribution < 1.29 is 16.8 Å². The molecule has 5 nitrogen and oxygen atoms in total. The number of hydrogen-bond donors (Lipinski definition) is 0. The molecule has 1 saturated heterocycles. The minimum Gasteiger partial charge on any atom is -0.229 e. The maximum absolute atomic E-state index is 12.5. The number of benzene rings is 1. The van der Waals surface area contributed by atoms with E-state index in [1.165, 1.54) is 10.4 Å². The molecule has 0 N–H and O–H groups in total. The van der Waals surface area contributed by atoms with Crippen molar-refractivity contribution in [2.45, 2.75) is 4.90 Å². The van der Waals surface area contributed by atoms with Gasteiger partial charge in [-0.15, -0.1) is 0 Å². The highest BCUT2D eigenvalue weighted by Crippen LogP contribution is 2.28. The van der Waals surface area contributed by atoms with Crippen LogP contribution in [0.3, 0.4) is 0 Å². The van der Waals surface area contributed by atoms with Crippen molar-refractivity contribution in [1.29, 1.82) is 0 Å². The van der Waals surface area contributed by atoms with Crippen molar-refractivity contribution in [2.24, 2.45) is 0 Å². The summed E-state index contributed by atoms with van der Waals surface area (Å²) in [4.78, 5) is 0.140. The SMILES string of the molecule is O=S1(=O)CCN(S(=O)(=O)c2cc(Br)ccc2Br)CC1. The molecule has 0 saturated carbocycles. The van der Waals surface area contributed by atoms with E-state index in [4.69, 9.17) is 0 Å². The zero-order valence-corrected chi connectivity index (χ0v) is 14.5. The van der Waals surface area contributed by atoms with Gasteiger partial charge in [-0.2, -0.15) is 4.31 Å². The molecular formula is C10H11Br2NO4S2. The Labute approximate surface area is 129 Å². The molecule has 19 heavy (non-hydrogen) atoms. The lowest BCUT2D eigenvalue weighted by Gasteiger charge is -2.26. The van der Waals surface area contributed by atoms with E-state index in [9.17, 15) is 16.8 Å². The summed E-state index contributed by atoms with van der Waals surface area (Å²) in [7, 11) is -6.78. The molecule has 106 valence electrons. The predicted octanol–water partition coefficient (Wildman–Crippen LogP) is 1.63. The van der Waals surface area contributed by atoms with Gasteiger partial charge in [0.1, 0.15) is 0 Å². The Morgan fingerprint density at radius 1 is 1.11 bits per heavy atom. The van der Waals surface area contributed by atoms with Crippen LogP contribution in [0.1, 0.15) is 0 Å². The molecule has 0 amide bonds. The van der Waals surface area contributed by atoms with Gasteiger partial charge in [0.2, 0.25) is 10.0 Å². The van der Waals surface area contributed by atoms with Gasteiger partial charge in [0.25, 0.3) is 0 Å². The summed E-state index contributed by atoms with van der Waals surface area (Å²) in [6.07, 6.45) is 0. The van der Waals surface area contributed by atoms with Crippen LogP contribution in [0.2, 0.25) is 0 Å². The topological polar surface area (TPSA) is 71.5 Å². The van der Waals surface area contributed by atoms with E-state index in [0.717, 1.165) is 0 Å². The first kappa shape index (κ1) is 15.4. The van der Waals surface area contributed by atoms with Gasteiger partial charge in [0.05, 0.1) is 16.4 Å². The first-order valence-electron chi connectivity index (χ1n) is 5.38. The van der Waals surface area contributed by atoms with Gasteiger partial charge in [0.15, 0.2) is 9.84 Å². The van der Waals surface area contributed by atoms with Crippen LogP contribution in [0.5, 0.6) is 0 Å². The van der Waals surface area contributed by atoms with Crippen LogP contribution >= 0.6 is 31.9 Å². The number of nitrogens with zero attached hydrogens (tertiary/aromatic N) is 1. The Balaban J connectivity index is 2.36. The van der Waals surface area contributed by atoms with Crippen LogP contribution < -0.4 is 0 Å². The van der Waals surface area contributed by atoms with Gasteiger partial charge in [-0.3, -0.25) is 0 Å². The molecule has 0 unspecified atom stereocenters. The fourth-order valence-corrected chi connectivity index (χ4v) is 6.09. The molecule has 0 atom stereocenters. The molecule has 0 spiro atoms. The molecule has 1 aromatic rings. The van der Waals surface area contributed by atoms with Crippen molar-refractivity contribution in [1.82, 2.24) is 4.31 Å². The molecule has 0 aliphatic carbocycles. The fraction of sp³-hybridized carbons (Fsp3) is 0.400. The third kappa shape index (κ3) is 3.38. The number of rotatable bonds is 2. The van der Waals surface area contributed by atoms with Gasteiger partial charge in [-0.05, 0) is 34.1 Å². The second-order valence-corrected chi connectivity index (χ2v) is 10.1. The summed E-state index contributed by atoms with van der Waals surface area (Å²) in [5.74, 6) is -0.254. The van der Waals surface area contributed by atoms with E-state index < -0.39 is 19.9 Å². The minimum absolute atomic E-state index is 0.00359. The Morgan fingerprint density at radius 3 is 2.26 bits per heavy atom.